The van der Waals surface area contributed by atoms with E-state index in [-0.39, 0.29) is 6.98 Å². The number of benzene rings is 3. The third-order valence-corrected chi connectivity index (χ3v) is 4.87. The first-order valence-electron chi connectivity index (χ1n) is 7.98. The molecular weight excluding hydrogens is 359 g/mol. The normalized spacial score (nSPS) is 12.6. The molecule has 0 amide bonds. The van der Waals surface area contributed by atoms with Crippen molar-refractivity contribution in [2.75, 3.05) is 10.0 Å². The Bertz CT molecular complexity index is 952. The van der Waals surface area contributed by atoms with E-state index in [2.05, 4.69) is 98.4 Å². The van der Waals surface area contributed by atoms with E-state index in [9.17, 15) is 0 Å². The van der Waals surface area contributed by atoms with E-state index in [1.807, 2.05) is 6.92 Å². The van der Waals surface area contributed by atoms with Gasteiger partial charge in [0.05, 0.1) is 0 Å². The minimum atomic E-state index is -0.0286. The van der Waals surface area contributed by atoms with Crippen LogP contribution in [0.2, 0.25) is 0 Å². The fraction of sp³-hybridized carbons (Fsp3) is 0.100. The molecule has 4 rings (SSSR count). The minimum absolute atomic E-state index is 0.0286. The van der Waals surface area contributed by atoms with Crippen LogP contribution in [0.15, 0.2) is 65.1 Å². The maximum absolute atomic E-state index is 3.59. The number of nitrogens with one attached hydrogen (secondary N) is 1. The molecule has 0 spiro atoms. The van der Waals surface area contributed by atoms with Crippen molar-refractivity contribution in [3.63, 3.8) is 0 Å². The summed E-state index contributed by atoms with van der Waals surface area (Å²) in [5, 5.41) is 6.11. The van der Waals surface area contributed by atoms with Gasteiger partial charge in [0, 0.05) is 27.8 Å². The molecule has 0 saturated carbocycles. The van der Waals surface area contributed by atoms with Gasteiger partial charge in [0.15, 0.2) is 0 Å². The smallest absolute Gasteiger partial charge is 0.398 e. The van der Waals surface area contributed by atoms with Crippen molar-refractivity contribution in [3.8, 4) is 11.7 Å². The maximum Gasteiger partial charge on any atom is 0.463 e. The van der Waals surface area contributed by atoms with E-state index in [0.29, 0.717) is 0 Å². The summed E-state index contributed by atoms with van der Waals surface area (Å²) in [6, 6.07) is 21.3. The molecule has 3 aromatic carbocycles. The largest absolute Gasteiger partial charge is 0.463 e. The SMILES string of the molecule is CC#CB1Nc2cccc3cccc(c23)N1Cc1ccc(Br)cc1. The van der Waals surface area contributed by atoms with Crippen LogP contribution in [-0.4, -0.2) is 6.98 Å². The molecule has 0 aliphatic carbocycles. The molecule has 0 saturated heterocycles. The van der Waals surface area contributed by atoms with Gasteiger partial charge in [0.25, 0.3) is 0 Å². The van der Waals surface area contributed by atoms with E-state index < -0.39 is 0 Å². The molecule has 1 N–H and O–H groups in total. The molecule has 2 nitrogen and oxygen atoms in total. The first-order chi connectivity index (χ1) is 11.8. The molecule has 0 aromatic heterocycles. The van der Waals surface area contributed by atoms with Crippen molar-refractivity contribution in [1.29, 1.82) is 0 Å². The highest BCUT2D eigenvalue weighted by Crippen LogP contribution is 2.37. The molecule has 24 heavy (non-hydrogen) atoms. The van der Waals surface area contributed by atoms with E-state index in [1.54, 1.807) is 0 Å². The fourth-order valence-electron chi connectivity index (χ4n) is 3.26. The predicted molar refractivity (Wildman–Crippen MR) is 107 cm³/mol. The molecule has 0 fully saturated rings. The second-order valence-electron chi connectivity index (χ2n) is 5.88. The second-order valence-corrected chi connectivity index (χ2v) is 6.79. The van der Waals surface area contributed by atoms with E-state index in [1.165, 1.54) is 22.0 Å². The molecule has 3 aromatic rings. The first kappa shape index (κ1) is 15.2. The number of anilines is 2. The summed E-state index contributed by atoms with van der Waals surface area (Å²) in [5.74, 6) is 6.37. The lowest BCUT2D eigenvalue weighted by atomic mass is 9.71. The molecular formula is C20H16BBrN2. The van der Waals surface area contributed by atoms with Crippen molar-refractivity contribution in [3.05, 3.63) is 70.7 Å². The van der Waals surface area contributed by atoms with Crippen molar-refractivity contribution in [2.45, 2.75) is 13.5 Å². The monoisotopic (exact) mass is 374 g/mol. The zero-order valence-electron chi connectivity index (χ0n) is 13.4. The standard InChI is InChI=1S/C20H16BBrN2/c1-2-13-21-23-18-7-3-5-16-6-4-8-19(20(16)18)24(21)14-15-9-11-17(22)12-10-15/h3-12,23H,14H2,1H3. The van der Waals surface area contributed by atoms with Crippen molar-refractivity contribution >= 4 is 45.1 Å². The van der Waals surface area contributed by atoms with Crippen LogP contribution in [-0.2, 0) is 6.54 Å². The van der Waals surface area contributed by atoms with Gasteiger partial charge in [-0.2, -0.15) is 0 Å². The van der Waals surface area contributed by atoms with E-state index in [4.69, 9.17) is 0 Å². The maximum atomic E-state index is 3.59. The minimum Gasteiger partial charge on any atom is -0.398 e. The fourth-order valence-corrected chi connectivity index (χ4v) is 3.52. The quantitative estimate of drug-likeness (QED) is 0.496. The molecule has 4 heteroatoms. The molecule has 0 unspecified atom stereocenters. The molecule has 1 aliphatic heterocycles. The Morgan fingerprint density at radius 3 is 2.54 bits per heavy atom. The Labute approximate surface area is 151 Å². The van der Waals surface area contributed by atoms with Crippen LogP contribution < -0.4 is 10.0 Å². The Hall–Kier alpha value is -2.38. The van der Waals surface area contributed by atoms with Crippen LogP contribution in [0, 0.1) is 11.7 Å². The number of rotatable bonds is 2. The summed E-state index contributed by atoms with van der Waals surface area (Å²) in [4.78, 5) is 2.34. The van der Waals surface area contributed by atoms with Gasteiger partial charge >= 0.3 is 6.98 Å². The Morgan fingerprint density at radius 1 is 1.04 bits per heavy atom. The zero-order chi connectivity index (χ0) is 16.5. The third kappa shape index (κ3) is 2.66. The number of hydrogen-bond acceptors (Lipinski definition) is 2. The van der Waals surface area contributed by atoms with Crippen LogP contribution in [0.1, 0.15) is 12.5 Å². The Kier molecular flexibility index (Phi) is 3.96. The van der Waals surface area contributed by atoms with Crippen LogP contribution >= 0.6 is 15.9 Å². The molecule has 0 radical (unpaired) electrons. The van der Waals surface area contributed by atoms with Crippen LogP contribution in [0.3, 0.4) is 0 Å². The van der Waals surface area contributed by atoms with Gasteiger partial charge in [-0.25, -0.2) is 0 Å². The number of nitrogens with zero attached hydrogens (tertiary/aromatic N) is 1. The van der Waals surface area contributed by atoms with E-state index in [0.717, 1.165) is 16.7 Å². The number of hydrogen-bond donors (Lipinski definition) is 1. The van der Waals surface area contributed by atoms with Crippen molar-refractivity contribution in [1.82, 2.24) is 0 Å². The summed E-state index contributed by atoms with van der Waals surface area (Å²) < 4.78 is 1.10. The van der Waals surface area contributed by atoms with Crippen LogP contribution in [0.25, 0.3) is 10.8 Å². The molecule has 1 aliphatic rings. The highest BCUT2D eigenvalue weighted by molar-refractivity contribution is 9.10. The summed E-state index contributed by atoms with van der Waals surface area (Å²) in [6.45, 7) is 2.67. The van der Waals surface area contributed by atoms with Gasteiger partial charge in [-0.3, -0.25) is 0 Å². The van der Waals surface area contributed by atoms with Crippen LogP contribution in [0.4, 0.5) is 11.4 Å². The summed E-state index contributed by atoms with van der Waals surface area (Å²) >= 11 is 3.50. The average molecular weight is 375 g/mol. The van der Waals surface area contributed by atoms with E-state index >= 15 is 0 Å². The zero-order valence-corrected chi connectivity index (χ0v) is 15.0. The Morgan fingerprint density at radius 2 is 1.79 bits per heavy atom. The first-order valence-corrected chi connectivity index (χ1v) is 8.77. The second kappa shape index (κ2) is 6.26. The van der Waals surface area contributed by atoms with Gasteiger partial charge in [0.1, 0.15) is 0 Å². The van der Waals surface area contributed by atoms with Gasteiger partial charge in [-0.1, -0.05) is 58.1 Å². The Balaban J connectivity index is 1.83. The predicted octanol–water partition coefficient (Wildman–Crippen LogP) is 5.09. The summed E-state index contributed by atoms with van der Waals surface area (Å²) in [7, 11) is 0. The lowest BCUT2D eigenvalue weighted by molar-refractivity contribution is 1.03. The van der Waals surface area contributed by atoms with Crippen LogP contribution in [0.5, 0.6) is 0 Å². The van der Waals surface area contributed by atoms with Gasteiger partial charge < -0.3 is 10.0 Å². The van der Waals surface area contributed by atoms with Gasteiger partial charge in [0.2, 0.25) is 0 Å². The summed E-state index contributed by atoms with van der Waals surface area (Å²) in [5.41, 5.74) is 3.65. The topological polar surface area (TPSA) is 15.3 Å². The highest BCUT2D eigenvalue weighted by Gasteiger charge is 2.30. The molecule has 1 heterocycles. The van der Waals surface area contributed by atoms with Crippen molar-refractivity contribution < 1.29 is 0 Å². The number of halogens is 1. The van der Waals surface area contributed by atoms with Crippen molar-refractivity contribution in [2.24, 2.45) is 0 Å². The average Bonchev–Trinajstić information content (AvgIpc) is 2.60. The summed E-state index contributed by atoms with van der Waals surface area (Å²) in [6.07, 6.45) is 0. The lowest BCUT2D eigenvalue weighted by Crippen LogP contribution is -2.47. The molecule has 116 valence electrons. The highest BCUT2D eigenvalue weighted by atomic mass is 79.9. The van der Waals surface area contributed by atoms with Gasteiger partial charge in [-0.15, -0.1) is 5.92 Å². The molecule has 0 atom stereocenters. The van der Waals surface area contributed by atoms with Gasteiger partial charge in [-0.05, 0) is 42.1 Å². The lowest BCUT2D eigenvalue weighted by Gasteiger charge is -2.35. The molecule has 0 bridgehead atoms. The third-order valence-electron chi connectivity index (χ3n) is 4.34.